The number of hydrogen-bond acceptors (Lipinski definition) is 6. The number of ether oxygens (including phenoxy) is 2. The van der Waals surface area contributed by atoms with Gasteiger partial charge in [0.15, 0.2) is 0 Å². The topological polar surface area (TPSA) is 77.1 Å². The summed E-state index contributed by atoms with van der Waals surface area (Å²) < 4.78 is 39.3. The molecule has 0 amide bonds. The fraction of sp³-hybridized carbons (Fsp3) is 0.360. The second-order valence-corrected chi connectivity index (χ2v) is 20.8. The number of rotatable bonds is 4. The molecule has 0 saturated heterocycles. The summed E-state index contributed by atoms with van der Waals surface area (Å²) in [5.74, 6) is 2.13. The summed E-state index contributed by atoms with van der Waals surface area (Å²) in [5.41, 5.74) is 7.19. The predicted molar refractivity (Wildman–Crippen MR) is 235 cm³/mol. The van der Waals surface area contributed by atoms with E-state index in [0.717, 1.165) is 66.4 Å². The largest absolute Gasteiger partial charge is 1.00 e. The van der Waals surface area contributed by atoms with Crippen molar-refractivity contribution >= 4 is 29.4 Å². The molecular formula is C50H56AgO6P. The van der Waals surface area contributed by atoms with Gasteiger partial charge in [0.05, 0.1) is 14.2 Å². The minimum atomic E-state index is -5.05. The van der Waals surface area contributed by atoms with Crippen LogP contribution in [0.15, 0.2) is 84.9 Å². The number of benzene rings is 6. The van der Waals surface area contributed by atoms with Crippen molar-refractivity contribution in [3.8, 4) is 56.4 Å². The molecule has 0 bridgehead atoms. The van der Waals surface area contributed by atoms with Crippen LogP contribution in [0.5, 0.6) is 23.0 Å². The third-order valence-corrected chi connectivity index (χ3v) is 11.9. The molecule has 308 valence electrons. The van der Waals surface area contributed by atoms with Crippen molar-refractivity contribution < 1.29 is 50.4 Å². The smallest absolute Gasteiger partial charge is 0.736 e. The molecule has 0 unspecified atom stereocenters. The SMILES string of the molecule is COc1c(C(C)(C)C)cc(-c2cc3ccccc3c3c2OP(=O)([O-])Oc2c(-c4cc(C(C)(C)C)c(OC)c(C(C)(C)C)c4)cc4ccccc4c2-3)cc1C(C)(C)C.[Ag+]. The molecule has 6 aromatic carbocycles. The van der Waals surface area contributed by atoms with Gasteiger partial charge < -0.3 is 23.4 Å². The first-order valence-corrected chi connectivity index (χ1v) is 21.2. The molecule has 8 heteroatoms. The summed E-state index contributed by atoms with van der Waals surface area (Å²) in [6, 6.07) is 28.8. The molecule has 0 radical (unpaired) electrons. The summed E-state index contributed by atoms with van der Waals surface area (Å²) in [7, 11) is -1.62. The summed E-state index contributed by atoms with van der Waals surface area (Å²) in [6.45, 7) is 26.0. The van der Waals surface area contributed by atoms with Gasteiger partial charge in [0.2, 0.25) is 0 Å². The van der Waals surface area contributed by atoms with Crippen LogP contribution in [0.2, 0.25) is 0 Å². The van der Waals surface area contributed by atoms with Gasteiger partial charge in [-0.1, -0.05) is 132 Å². The quantitative estimate of drug-likeness (QED) is 0.130. The third kappa shape index (κ3) is 7.75. The molecule has 0 aromatic heterocycles. The van der Waals surface area contributed by atoms with Gasteiger partial charge in [-0.3, -0.25) is 0 Å². The maximum absolute atomic E-state index is 14.5. The van der Waals surface area contributed by atoms with Crippen LogP contribution < -0.4 is 23.4 Å². The van der Waals surface area contributed by atoms with E-state index in [2.05, 4.69) is 119 Å². The maximum atomic E-state index is 14.5. The van der Waals surface area contributed by atoms with E-state index in [0.29, 0.717) is 22.3 Å². The van der Waals surface area contributed by atoms with E-state index in [1.807, 2.05) is 48.5 Å². The molecule has 58 heavy (non-hydrogen) atoms. The normalized spacial score (nSPS) is 14.1. The Hall–Kier alpha value is -4.03. The van der Waals surface area contributed by atoms with Crippen molar-refractivity contribution in [2.75, 3.05) is 14.2 Å². The first-order chi connectivity index (χ1) is 26.4. The van der Waals surface area contributed by atoms with Crippen LogP contribution in [-0.4, -0.2) is 14.2 Å². The van der Waals surface area contributed by atoms with E-state index in [9.17, 15) is 9.46 Å². The minimum Gasteiger partial charge on any atom is -0.736 e. The Bertz CT molecular complexity index is 2380. The zero-order chi connectivity index (χ0) is 41.6. The van der Waals surface area contributed by atoms with Crippen molar-refractivity contribution in [1.82, 2.24) is 0 Å². The molecule has 1 aliphatic heterocycles. The third-order valence-electron chi connectivity index (χ3n) is 11.1. The summed E-state index contributed by atoms with van der Waals surface area (Å²) in [5, 5.41) is 3.59. The molecule has 1 heterocycles. The molecule has 0 N–H and O–H groups in total. The Morgan fingerprint density at radius 3 is 1.07 bits per heavy atom. The molecule has 0 saturated carbocycles. The second kappa shape index (κ2) is 14.9. The Labute approximate surface area is 360 Å². The maximum Gasteiger partial charge on any atom is 1.00 e. The first-order valence-electron chi connectivity index (χ1n) is 19.7. The van der Waals surface area contributed by atoms with E-state index in [1.165, 1.54) is 0 Å². The van der Waals surface area contributed by atoms with Gasteiger partial charge in [0, 0.05) is 44.5 Å². The molecule has 1 aliphatic rings. The minimum absolute atomic E-state index is 0. The first kappa shape index (κ1) is 43.5. The van der Waals surface area contributed by atoms with Gasteiger partial charge >= 0.3 is 30.2 Å². The number of phosphoric ester groups is 1. The molecule has 0 atom stereocenters. The predicted octanol–water partition coefficient (Wildman–Crippen LogP) is 13.4. The second-order valence-electron chi connectivity index (χ2n) is 19.5. The van der Waals surface area contributed by atoms with Crippen LogP contribution in [-0.2, 0) is 48.6 Å². The van der Waals surface area contributed by atoms with Crippen LogP contribution in [0.4, 0.5) is 0 Å². The van der Waals surface area contributed by atoms with Crippen LogP contribution in [0.3, 0.4) is 0 Å². The van der Waals surface area contributed by atoms with Crippen molar-refractivity contribution in [2.45, 2.75) is 105 Å². The molecule has 6 nitrogen and oxygen atoms in total. The van der Waals surface area contributed by atoms with Gasteiger partial charge in [-0.2, -0.15) is 0 Å². The monoisotopic (exact) mass is 890 g/mol. The number of fused-ring (bicyclic) bond motifs is 7. The fourth-order valence-corrected chi connectivity index (χ4v) is 9.11. The molecule has 0 aliphatic carbocycles. The average Bonchev–Trinajstić information content (AvgIpc) is 3.24. The Morgan fingerprint density at radius 2 is 0.793 bits per heavy atom. The van der Waals surface area contributed by atoms with E-state index in [-0.39, 0.29) is 55.5 Å². The zero-order valence-corrected chi connectivity index (χ0v) is 38.7. The fourth-order valence-electron chi connectivity index (χ4n) is 8.25. The standard InChI is InChI=1S/C50H57O6P.Ag/c1-47(2,3)37-25-31(26-38(45(37)53-13)48(4,5)6)35-23-29-19-15-17-21-33(29)41-42-34-22-18-16-20-30(34)24-36(44(42)56-57(51,52)55-43(35)41)32-27-39(49(7,8)9)46(54-14)40(28-32)50(10,11)12;/h15-28H,1-14H3,(H,51,52);/q;+1/p-1. The van der Waals surface area contributed by atoms with Crippen molar-refractivity contribution in [3.63, 3.8) is 0 Å². The van der Waals surface area contributed by atoms with E-state index < -0.39 is 7.82 Å². The van der Waals surface area contributed by atoms with Crippen LogP contribution in [0.1, 0.15) is 105 Å². The van der Waals surface area contributed by atoms with E-state index in [4.69, 9.17) is 18.5 Å². The Morgan fingerprint density at radius 1 is 0.500 bits per heavy atom. The van der Waals surface area contributed by atoms with Gasteiger partial charge in [-0.15, -0.1) is 0 Å². The van der Waals surface area contributed by atoms with Crippen molar-refractivity contribution in [1.29, 1.82) is 0 Å². The van der Waals surface area contributed by atoms with Gasteiger partial charge in [-0.05, 0) is 90.7 Å². The van der Waals surface area contributed by atoms with Crippen molar-refractivity contribution in [2.24, 2.45) is 0 Å². The average molecular weight is 892 g/mol. The molecule has 7 rings (SSSR count). The number of methoxy groups -OCH3 is 2. The Kier molecular flexibility index (Phi) is 11.2. The van der Waals surface area contributed by atoms with Crippen molar-refractivity contribution in [3.05, 3.63) is 107 Å². The van der Waals surface area contributed by atoms with Crippen LogP contribution >= 0.6 is 7.82 Å². The molecule has 0 fully saturated rings. The van der Waals surface area contributed by atoms with Crippen LogP contribution in [0.25, 0.3) is 54.9 Å². The Balaban J connectivity index is 0.00000567. The number of hydrogen-bond donors (Lipinski definition) is 0. The van der Waals surface area contributed by atoms with Gasteiger partial charge in [0.25, 0.3) is 0 Å². The summed E-state index contributed by atoms with van der Waals surface area (Å²) >= 11 is 0. The zero-order valence-electron chi connectivity index (χ0n) is 36.3. The van der Waals surface area contributed by atoms with E-state index in [1.54, 1.807) is 14.2 Å². The summed E-state index contributed by atoms with van der Waals surface area (Å²) in [4.78, 5) is 14.5. The van der Waals surface area contributed by atoms with Gasteiger partial charge in [0.1, 0.15) is 23.0 Å². The molecule has 0 spiro atoms. The number of phosphoric acid groups is 1. The van der Waals surface area contributed by atoms with Gasteiger partial charge in [-0.25, -0.2) is 4.57 Å². The summed E-state index contributed by atoms with van der Waals surface area (Å²) in [6.07, 6.45) is 0. The molecule has 6 aromatic rings. The van der Waals surface area contributed by atoms with E-state index >= 15 is 0 Å². The molecular weight excluding hydrogens is 835 g/mol. The van der Waals surface area contributed by atoms with Crippen LogP contribution in [0, 0.1) is 0 Å².